The fourth-order valence-electron chi connectivity index (χ4n) is 3.62. The third-order valence-corrected chi connectivity index (χ3v) is 6.88. The maximum Gasteiger partial charge on any atom is 0.361 e. The second kappa shape index (κ2) is 15.7. The zero-order chi connectivity index (χ0) is 34.1. The molecule has 4 rings (SSSR count). The average Bonchev–Trinajstić information content (AvgIpc) is 3.01. The number of hydrogen-bond donors (Lipinski definition) is 3. The highest BCUT2D eigenvalue weighted by molar-refractivity contribution is 6.30. The van der Waals surface area contributed by atoms with Crippen LogP contribution < -0.4 is 16.4 Å². The third kappa shape index (κ3) is 9.50. The normalized spacial score (nSPS) is 11.2. The highest BCUT2D eigenvalue weighted by Gasteiger charge is 2.23. The minimum atomic E-state index is -0.708. The van der Waals surface area contributed by atoms with Gasteiger partial charge in [0.1, 0.15) is 22.8 Å². The summed E-state index contributed by atoms with van der Waals surface area (Å²) in [5, 5.41) is 21.1. The van der Waals surface area contributed by atoms with Crippen molar-refractivity contribution in [2.75, 3.05) is 31.5 Å². The molecule has 4 aromatic rings. The number of methoxy groups -OCH3 is 2. The van der Waals surface area contributed by atoms with Gasteiger partial charge in [-0.3, -0.25) is 4.79 Å². The van der Waals surface area contributed by atoms with E-state index in [2.05, 4.69) is 41.0 Å². The molecule has 0 saturated carbocycles. The van der Waals surface area contributed by atoms with Gasteiger partial charge in [-0.05, 0) is 58.9 Å². The van der Waals surface area contributed by atoms with E-state index in [1.54, 1.807) is 33.3 Å². The van der Waals surface area contributed by atoms with E-state index in [4.69, 9.17) is 43.1 Å². The number of esters is 1. The summed E-state index contributed by atoms with van der Waals surface area (Å²) in [6.45, 7) is 9.57. The Morgan fingerprint density at radius 2 is 1.20 bits per heavy atom. The van der Waals surface area contributed by atoms with Gasteiger partial charge in [0.25, 0.3) is 5.91 Å². The number of anilines is 4. The van der Waals surface area contributed by atoms with E-state index in [1.165, 1.54) is 12.1 Å². The van der Waals surface area contributed by atoms with Crippen molar-refractivity contribution >= 4 is 58.1 Å². The number of amides is 1. The number of carbonyl (C=O) groups excluding carboxylic acids is 2. The van der Waals surface area contributed by atoms with Crippen molar-refractivity contribution in [1.29, 1.82) is 0 Å². The topological polar surface area (TPSA) is 189 Å². The number of hydrogen-bond acceptors (Lipinski definition) is 13. The molecule has 4 N–H and O–H groups in total. The molecule has 4 aromatic heterocycles. The molecule has 0 aromatic carbocycles. The summed E-state index contributed by atoms with van der Waals surface area (Å²) in [4.78, 5) is 32.4. The lowest BCUT2D eigenvalue weighted by atomic mass is 10.0. The van der Waals surface area contributed by atoms with Crippen molar-refractivity contribution in [3.05, 3.63) is 81.6 Å². The summed E-state index contributed by atoms with van der Waals surface area (Å²) < 4.78 is 15.8. The number of nitrogens with zero attached hydrogens (tertiary/aromatic N) is 6. The summed E-state index contributed by atoms with van der Waals surface area (Å²) in [5.41, 5.74) is 6.39. The third-order valence-electron chi connectivity index (χ3n) is 6.51. The molecule has 16 heteroatoms. The second-order valence-electron chi connectivity index (χ2n) is 10.4. The predicted octanol–water partition coefficient (Wildman–Crippen LogP) is 5.58. The molecule has 0 aliphatic carbocycles. The number of carbonyl (C=O) groups is 2. The molecule has 0 unspecified atom stereocenters. The van der Waals surface area contributed by atoms with Gasteiger partial charge in [-0.15, -0.1) is 20.4 Å². The highest BCUT2D eigenvalue weighted by atomic mass is 35.5. The first-order chi connectivity index (χ1) is 21.7. The van der Waals surface area contributed by atoms with E-state index in [9.17, 15) is 9.59 Å². The minimum Gasteiger partial charge on any atom is -0.461 e. The molecule has 244 valence electrons. The van der Waals surface area contributed by atoms with E-state index in [0.29, 0.717) is 23.0 Å². The quantitative estimate of drug-likeness (QED) is 0.168. The van der Waals surface area contributed by atoms with Crippen LogP contribution in [0.15, 0.2) is 48.5 Å². The van der Waals surface area contributed by atoms with Gasteiger partial charge in [0.05, 0.1) is 29.4 Å². The summed E-state index contributed by atoms with van der Waals surface area (Å²) >= 11 is 11.7. The minimum absolute atomic E-state index is 0.0115. The lowest BCUT2D eigenvalue weighted by molar-refractivity contribution is 0.0154. The van der Waals surface area contributed by atoms with Crippen LogP contribution in [0.1, 0.15) is 67.0 Å². The Balaban J connectivity index is 0.000000251. The maximum atomic E-state index is 12.0. The van der Waals surface area contributed by atoms with E-state index in [1.807, 2.05) is 52.0 Å². The summed E-state index contributed by atoms with van der Waals surface area (Å²) in [7, 11) is 3.23. The number of aromatic nitrogens is 6. The van der Waals surface area contributed by atoms with Crippen LogP contribution in [0.3, 0.4) is 0 Å². The number of rotatable bonds is 11. The first-order valence-electron chi connectivity index (χ1n) is 13.8. The van der Waals surface area contributed by atoms with Gasteiger partial charge in [0, 0.05) is 26.4 Å². The number of halogens is 2. The summed E-state index contributed by atoms with van der Waals surface area (Å²) in [6.07, 6.45) is 0. The first-order valence-corrected chi connectivity index (χ1v) is 14.6. The fraction of sp³-hybridized carbons (Fsp3) is 0.333. The average molecular weight is 673 g/mol. The van der Waals surface area contributed by atoms with E-state index in [-0.39, 0.29) is 28.3 Å². The van der Waals surface area contributed by atoms with Crippen LogP contribution in [0.25, 0.3) is 0 Å². The van der Waals surface area contributed by atoms with Crippen molar-refractivity contribution in [2.45, 2.75) is 45.8 Å². The Labute approximate surface area is 276 Å². The van der Waals surface area contributed by atoms with Crippen LogP contribution in [0.4, 0.5) is 23.0 Å². The lowest BCUT2D eigenvalue weighted by Crippen LogP contribution is -2.21. The predicted molar refractivity (Wildman–Crippen MR) is 174 cm³/mol. The zero-order valence-corrected chi connectivity index (χ0v) is 27.9. The van der Waals surface area contributed by atoms with Gasteiger partial charge in [-0.1, -0.05) is 35.3 Å². The van der Waals surface area contributed by atoms with Crippen LogP contribution >= 0.6 is 23.2 Å². The molecule has 0 aliphatic rings. The van der Waals surface area contributed by atoms with Crippen molar-refractivity contribution < 1.29 is 23.8 Å². The van der Waals surface area contributed by atoms with Gasteiger partial charge in [0.15, 0.2) is 21.7 Å². The van der Waals surface area contributed by atoms with Crippen molar-refractivity contribution in [3.8, 4) is 0 Å². The van der Waals surface area contributed by atoms with E-state index >= 15 is 0 Å². The first kappa shape index (κ1) is 36.0. The van der Waals surface area contributed by atoms with Gasteiger partial charge < -0.3 is 30.6 Å². The number of nitrogens with two attached hydrogens (primary N) is 1. The molecule has 0 fully saturated rings. The Kier molecular flexibility index (Phi) is 12.3. The van der Waals surface area contributed by atoms with Crippen molar-refractivity contribution in [3.63, 3.8) is 0 Å². The number of nitrogens with one attached hydrogen (secondary N) is 2. The van der Waals surface area contributed by atoms with Crippen LogP contribution in [0, 0.1) is 0 Å². The van der Waals surface area contributed by atoms with Crippen molar-refractivity contribution in [2.24, 2.45) is 5.73 Å². The molecular weight excluding hydrogens is 637 g/mol. The standard InChI is InChI=1S/C16H19ClN4O3.C14H16ClN5O2/c1-5-24-15(22)14-10(9-12(17)20-21-14)18-13-8-6-7-11(19-13)16(2,3)23-4;1-14(2,22-3)9-5-4-6-11(18-9)17-8-7-10(15)19-20-12(8)13(16)21/h6-9H,5H2,1-4H3,(H,18,19,20);4-7H,1-3H3,(H2,16,21)(H,17,18,19). The molecule has 1 amide bonds. The van der Waals surface area contributed by atoms with Gasteiger partial charge in [-0.25, -0.2) is 14.8 Å². The molecule has 0 aliphatic heterocycles. The van der Waals surface area contributed by atoms with E-state index in [0.717, 1.165) is 11.4 Å². The van der Waals surface area contributed by atoms with Crippen LogP contribution in [-0.2, 0) is 25.4 Å². The molecule has 4 heterocycles. The zero-order valence-electron chi connectivity index (χ0n) is 26.4. The Bertz CT molecular complexity index is 1690. The van der Waals surface area contributed by atoms with Gasteiger partial charge >= 0.3 is 5.97 Å². The molecule has 0 radical (unpaired) electrons. The lowest BCUT2D eigenvalue weighted by Gasteiger charge is -2.22. The Hall–Kier alpha value is -4.50. The molecule has 0 saturated heterocycles. The maximum absolute atomic E-state index is 12.0. The Morgan fingerprint density at radius 1 is 0.761 bits per heavy atom. The van der Waals surface area contributed by atoms with Gasteiger partial charge in [-0.2, -0.15) is 0 Å². The number of ether oxygens (including phenoxy) is 3. The van der Waals surface area contributed by atoms with Crippen LogP contribution in [0.2, 0.25) is 10.3 Å². The fourth-order valence-corrected chi connectivity index (χ4v) is 3.92. The largest absolute Gasteiger partial charge is 0.461 e. The number of pyridine rings is 2. The highest BCUT2D eigenvalue weighted by Crippen LogP contribution is 2.27. The van der Waals surface area contributed by atoms with E-state index < -0.39 is 23.1 Å². The monoisotopic (exact) mass is 671 g/mol. The van der Waals surface area contributed by atoms with Crippen LogP contribution in [0.5, 0.6) is 0 Å². The SMILES string of the molecule is CCOC(=O)c1nnc(Cl)cc1Nc1cccc(C(C)(C)OC)n1.COC(C)(C)c1cccc(Nc2cc(Cl)nnc2C(N)=O)n1. The molecule has 14 nitrogen and oxygen atoms in total. The summed E-state index contributed by atoms with van der Waals surface area (Å²) in [6, 6.07) is 13.8. The molecular formula is C30H35Cl2N9O5. The number of primary amides is 1. The van der Waals surface area contributed by atoms with Gasteiger partial charge in [0.2, 0.25) is 0 Å². The summed E-state index contributed by atoms with van der Waals surface area (Å²) in [5.74, 6) is -0.265. The molecule has 46 heavy (non-hydrogen) atoms. The molecule has 0 bridgehead atoms. The van der Waals surface area contributed by atoms with Crippen LogP contribution in [-0.4, -0.2) is 63.1 Å². The Morgan fingerprint density at radius 3 is 1.61 bits per heavy atom. The molecule has 0 atom stereocenters. The second-order valence-corrected chi connectivity index (χ2v) is 11.2. The smallest absolute Gasteiger partial charge is 0.361 e. The molecule has 0 spiro atoms. The van der Waals surface area contributed by atoms with Crippen molar-refractivity contribution in [1.82, 2.24) is 30.4 Å².